The van der Waals surface area contributed by atoms with E-state index >= 15 is 0 Å². The lowest BCUT2D eigenvalue weighted by Gasteiger charge is -2.24. The highest BCUT2D eigenvalue weighted by molar-refractivity contribution is 9.10. The smallest absolute Gasteiger partial charge is 0.338 e. The van der Waals surface area contributed by atoms with Crippen molar-refractivity contribution >= 4 is 39.3 Å². The molecule has 1 N–H and O–H groups in total. The van der Waals surface area contributed by atoms with Crippen LogP contribution in [0.3, 0.4) is 0 Å². The van der Waals surface area contributed by atoms with Crippen LogP contribution in [-0.4, -0.2) is 29.4 Å². The van der Waals surface area contributed by atoms with Gasteiger partial charge in [0.05, 0.1) is 40.0 Å². The number of ether oxygens (including phenoxy) is 2. The summed E-state index contributed by atoms with van der Waals surface area (Å²) in [6, 6.07) is 11.5. The average Bonchev–Trinajstić information content (AvgIpc) is 3.10. The first kappa shape index (κ1) is 23.0. The summed E-state index contributed by atoms with van der Waals surface area (Å²) in [4.78, 5) is 31.5. The van der Waals surface area contributed by atoms with Gasteiger partial charge in [0.2, 0.25) is 0 Å². The highest BCUT2D eigenvalue weighted by atomic mass is 79.9. The number of phenols is 1. The maximum absolute atomic E-state index is 13.5. The van der Waals surface area contributed by atoms with Gasteiger partial charge in [-0.2, -0.15) is 0 Å². The van der Waals surface area contributed by atoms with Crippen molar-refractivity contribution < 1.29 is 19.4 Å². The van der Waals surface area contributed by atoms with Gasteiger partial charge in [0.15, 0.2) is 4.80 Å². The topological polar surface area (TPSA) is 90.1 Å². The average molecular weight is 529 g/mol. The quantitative estimate of drug-likeness (QED) is 0.513. The van der Waals surface area contributed by atoms with E-state index in [2.05, 4.69) is 20.9 Å². The van der Waals surface area contributed by atoms with Gasteiger partial charge < -0.3 is 14.6 Å². The van der Waals surface area contributed by atoms with E-state index in [0.29, 0.717) is 30.8 Å². The van der Waals surface area contributed by atoms with Crippen molar-refractivity contribution in [2.24, 2.45) is 4.99 Å². The second-order valence-electron chi connectivity index (χ2n) is 7.29. The van der Waals surface area contributed by atoms with Gasteiger partial charge in [-0.3, -0.25) is 9.36 Å². The number of methoxy groups -OCH3 is 1. The summed E-state index contributed by atoms with van der Waals surface area (Å²) in [7, 11) is 1.58. The molecule has 9 heteroatoms. The highest BCUT2D eigenvalue weighted by Crippen LogP contribution is 2.31. The maximum Gasteiger partial charge on any atom is 0.338 e. The third kappa shape index (κ3) is 4.38. The van der Waals surface area contributed by atoms with Crippen LogP contribution in [0.1, 0.15) is 31.0 Å². The number of aromatic nitrogens is 1. The molecule has 7 nitrogen and oxygen atoms in total. The molecule has 2 heterocycles. The molecule has 3 aromatic rings. The number of hydrogen-bond acceptors (Lipinski definition) is 7. The Kier molecular flexibility index (Phi) is 6.53. The minimum atomic E-state index is -0.681. The summed E-state index contributed by atoms with van der Waals surface area (Å²) < 4.78 is 13.1. The summed E-state index contributed by atoms with van der Waals surface area (Å²) in [5, 5.41) is 9.75. The van der Waals surface area contributed by atoms with E-state index in [0.717, 1.165) is 11.1 Å². The van der Waals surface area contributed by atoms with Crippen LogP contribution < -0.4 is 19.6 Å². The fourth-order valence-electron chi connectivity index (χ4n) is 3.66. The van der Waals surface area contributed by atoms with E-state index in [4.69, 9.17) is 9.47 Å². The first-order valence-corrected chi connectivity index (χ1v) is 11.8. The van der Waals surface area contributed by atoms with Gasteiger partial charge in [-0.15, -0.1) is 0 Å². The molecule has 1 atom stereocenters. The Hall–Kier alpha value is -3.17. The van der Waals surface area contributed by atoms with Gasteiger partial charge in [0.25, 0.3) is 5.56 Å². The SMILES string of the molecule is CCOC(=O)C1=C(C)N=c2s/c(=C\c3ccc(O)c(Br)c3)c(=O)n2C1c1ccc(OC)cc1. The number of halogens is 1. The lowest BCUT2D eigenvalue weighted by atomic mass is 9.96. The van der Waals surface area contributed by atoms with E-state index in [9.17, 15) is 14.7 Å². The molecule has 2 aromatic carbocycles. The molecule has 0 saturated heterocycles. The predicted octanol–water partition coefficient (Wildman–Crippen LogP) is 3.28. The zero-order chi connectivity index (χ0) is 23.7. The summed E-state index contributed by atoms with van der Waals surface area (Å²) in [5.74, 6) is 0.279. The fraction of sp³-hybridized carbons (Fsp3) is 0.208. The van der Waals surface area contributed by atoms with Gasteiger partial charge in [-0.25, -0.2) is 9.79 Å². The molecule has 1 unspecified atom stereocenters. The zero-order valence-corrected chi connectivity index (χ0v) is 20.6. The van der Waals surface area contributed by atoms with Crippen LogP contribution in [0.5, 0.6) is 11.5 Å². The van der Waals surface area contributed by atoms with E-state index in [-0.39, 0.29) is 17.9 Å². The first-order valence-electron chi connectivity index (χ1n) is 10.2. The molecule has 1 aliphatic rings. The van der Waals surface area contributed by atoms with Gasteiger partial charge in [0.1, 0.15) is 11.5 Å². The molecular weight excluding hydrogens is 508 g/mol. The number of fused-ring (bicyclic) bond motifs is 1. The van der Waals surface area contributed by atoms with Crippen LogP contribution in [0, 0.1) is 0 Å². The highest BCUT2D eigenvalue weighted by Gasteiger charge is 2.33. The summed E-state index contributed by atoms with van der Waals surface area (Å²) in [6.07, 6.45) is 1.74. The number of thiazole rings is 1. The number of allylic oxidation sites excluding steroid dienone is 1. The minimum absolute atomic E-state index is 0.114. The third-order valence-electron chi connectivity index (χ3n) is 5.22. The minimum Gasteiger partial charge on any atom is -0.507 e. The Labute approximate surface area is 202 Å². The molecule has 0 radical (unpaired) electrons. The van der Waals surface area contributed by atoms with Crippen molar-refractivity contribution in [1.29, 1.82) is 0 Å². The molecule has 0 fully saturated rings. The number of hydrogen-bond donors (Lipinski definition) is 1. The van der Waals surface area contributed by atoms with Crippen molar-refractivity contribution in [2.75, 3.05) is 13.7 Å². The van der Waals surface area contributed by atoms with Crippen molar-refractivity contribution in [2.45, 2.75) is 19.9 Å². The number of carbonyl (C=O) groups excluding carboxylic acids is 1. The summed E-state index contributed by atoms with van der Waals surface area (Å²) in [6.45, 7) is 3.70. The second-order valence-corrected chi connectivity index (χ2v) is 9.15. The van der Waals surface area contributed by atoms with E-state index in [1.165, 1.54) is 15.9 Å². The van der Waals surface area contributed by atoms with E-state index in [1.54, 1.807) is 57.4 Å². The standard InChI is InChI=1S/C24H21BrN2O5S/c1-4-32-23(30)20-13(2)26-24-27(21(20)15-6-8-16(31-3)9-7-15)22(29)19(33-24)12-14-5-10-18(28)17(25)11-14/h5-12,21,28H,4H2,1-3H3/b19-12-. The molecule has 4 rings (SSSR count). The van der Waals surface area contributed by atoms with Crippen LogP contribution in [0.25, 0.3) is 6.08 Å². The number of phenolic OH excluding ortho intramolecular Hbond substituents is 1. The zero-order valence-electron chi connectivity index (χ0n) is 18.2. The second kappa shape index (κ2) is 9.36. The third-order valence-corrected chi connectivity index (χ3v) is 6.84. The summed E-state index contributed by atoms with van der Waals surface area (Å²) >= 11 is 4.54. The maximum atomic E-state index is 13.5. The molecule has 33 heavy (non-hydrogen) atoms. The van der Waals surface area contributed by atoms with Gasteiger partial charge >= 0.3 is 5.97 Å². The number of benzene rings is 2. The molecule has 170 valence electrons. The van der Waals surface area contributed by atoms with Crippen molar-refractivity contribution in [3.63, 3.8) is 0 Å². The molecule has 0 spiro atoms. The Morgan fingerprint density at radius 1 is 1.27 bits per heavy atom. The number of esters is 1. The van der Waals surface area contributed by atoms with Crippen LogP contribution in [0.4, 0.5) is 0 Å². The largest absolute Gasteiger partial charge is 0.507 e. The summed E-state index contributed by atoms with van der Waals surface area (Å²) in [5.41, 5.74) is 2.06. The Morgan fingerprint density at radius 2 is 2.00 bits per heavy atom. The van der Waals surface area contributed by atoms with Gasteiger partial charge in [-0.1, -0.05) is 29.5 Å². The lowest BCUT2D eigenvalue weighted by molar-refractivity contribution is -0.139. The van der Waals surface area contributed by atoms with Crippen molar-refractivity contribution in [3.05, 3.63) is 89.0 Å². The lowest BCUT2D eigenvalue weighted by Crippen LogP contribution is -2.39. The number of nitrogens with zero attached hydrogens (tertiary/aromatic N) is 2. The molecule has 0 amide bonds. The normalized spacial score (nSPS) is 15.8. The Morgan fingerprint density at radius 3 is 2.64 bits per heavy atom. The van der Waals surface area contributed by atoms with Gasteiger partial charge in [-0.05, 0) is 71.2 Å². The van der Waals surface area contributed by atoms with Crippen LogP contribution in [0.15, 0.2) is 68.0 Å². The Balaban J connectivity index is 1.94. The predicted molar refractivity (Wildman–Crippen MR) is 129 cm³/mol. The number of rotatable bonds is 5. The first-order chi connectivity index (χ1) is 15.8. The number of carbonyl (C=O) groups is 1. The molecule has 0 saturated carbocycles. The van der Waals surface area contributed by atoms with Crippen LogP contribution >= 0.6 is 27.3 Å². The van der Waals surface area contributed by atoms with Crippen molar-refractivity contribution in [3.8, 4) is 11.5 Å². The molecular formula is C24H21BrN2O5S. The fourth-order valence-corrected chi connectivity index (χ4v) is 5.10. The van der Waals surface area contributed by atoms with Crippen LogP contribution in [-0.2, 0) is 9.53 Å². The molecule has 0 bridgehead atoms. The Bertz CT molecular complexity index is 1440. The van der Waals surface area contributed by atoms with Crippen LogP contribution in [0.2, 0.25) is 0 Å². The molecule has 0 aliphatic carbocycles. The monoisotopic (exact) mass is 528 g/mol. The molecule has 1 aliphatic heterocycles. The van der Waals surface area contributed by atoms with Gasteiger partial charge in [0, 0.05) is 0 Å². The van der Waals surface area contributed by atoms with E-state index < -0.39 is 12.0 Å². The van der Waals surface area contributed by atoms with Crippen molar-refractivity contribution in [1.82, 2.24) is 4.57 Å². The molecule has 1 aromatic heterocycles. The van der Waals surface area contributed by atoms with E-state index in [1.807, 2.05) is 12.1 Å². The number of aromatic hydroxyl groups is 1.